The van der Waals surface area contributed by atoms with Crippen LogP contribution in [0, 0.1) is 5.41 Å². The molecule has 0 atom stereocenters. The lowest BCUT2D eigenvalue weighted by Crippen LogP contribution is -2.39. The second kappa shape index (κ2) is 8.93. The first kappa shape index (κ1) is 18.9. The molecule has 0 rings (SSSR count). The van der Waals surface area contributed by atoms with Crippen molar-refractivity contribution in [2.75, 3.05) is 19.6 Å². The zero-order chi connectivity index (χ0) is 16.5. The molecule has 8 heteroatoms. The molecule has 4 N–H and O–H groups in total. The van der Waals surface area contributed by atoms with E-state index >= 15 is 0 Å². The fourth-order valence-corrected chi connectivity index (χ4v) is 1.22. The van der Waals surface area contributed by atoms with E-state index in [1.54, 1.807) is 20.8 Å². The molecule has 0 fully saturated rings. The minimum atomic E-state index is -1.15. The summed E-state index contributed by atoms with van der Waals surface area (Å²) in [7, 11) is 0. The van der Waals surface area contributed by atoms with Crippen LogP contribution in [0.5, 0.6) is 0 Å². The highest BCUT2D eigenvalue weighted by atomic mass is 16.4. The van der Waals surface area contributed by atoms with E-state index in [4.69, 9.17) is 5.11 Å². The number of hydrogen-bond acceptors (Lipinski definition) is 4. The minimum absolute atomic E-state index is 0.0871. The Morgan fingerprint density at radius 1 is 0.905 bits per heavy atom. The molecule has 21 heavy (non-hydrogen) atoms. The third kappa shape index (κ3) is 10.3. The molecule has 0 heterocycles. The highest BCUT2D eigenvalue weighted by Crippen LogP contribution is 2.12. The summed E-state index contributed by atoms with van der Waals surface area (Å²) in [6.45, 7) is 5.03. The Balaban J connectivity index is 3.70. The molecule has 0 spiro atoms. The monoisotopic (exact) mass is 301 g/mol. The molecule has 0 radical (unpaired) electrons. The van der Waals surface area contributed by atoms with E-state index in [1.807, 2.05) is 0 Å². The van der Waals surface area contributed by atoms with E-state index in [2.05, 4.69) is 16.0 Å². The molecule has 0 aliphatic carbocycles. The Bertz CT molecular complexity index is 401. The lowest BCUT2D eigenvalue weighted by atomic mass is 9.96. The molecule has 8 nitrogen and oxygen atoms in total. The molecule has 0 unspecified atom stereocenters. The molecule has 0 aromatic carbocycles. The normalized spacial score (nSPS) is 10.6. The molecule has 0 aliphatic rings. The summed E-state index contributed by atoms with van der Waals surface area (Å²) >= 11 is 0. The van der Waals surface area contributed by atoms with Crippen molar-refractivity contribution in [1.82, 2.24) is 16.0 Å². The van der Waals surface area contributed by atoms with Gasteiger partial charge in [-0.15, -0.1) is 0 Å². The van der Waals surface area contributed by atoms with E-state index in [0.29, 0.717) is 13.0 Å². The Labute approximate surface area is 123 Å². The van der Waals surface area contributed by atoms with Crippen molar-refractivity contribution in [3.8, 4) is 0 Å². The minimum Gasteiger partial charge on any atom is -0.480 e. The van der Waals surface area contributed by atoms with Gasteiger partial charge in [0.1, 0.15) is 6.54 Å². The summed E-state index contributed by atoms with van der Waals surface area (Å²) in [6, 6.07) is 0. The molecule has 0 aromatic rings. The summed E-state index contributed by atoms with van der Waals surface area (Å²) in [5, 5.41) is 15.6. The SMILES string of the molecule is CC(C)(C)C(=O)NCCCC(=O)NCC(=O)NCC(=O)O. The smallest absolute Gasteiger partial charge is 0.322 e. The van der Waals surface area contributed by atoms with E-state index < -0.39 is 23.8 Å². The Kier molecular flexibility index (Phi) is 8.03. The zero-order valence-electron chi connectivity index (χ0n) is 12.6. The zero-order valence-corrected chi connectivity index (χ0v) is 12.6. The molecular weight excluding hydrogens is 278 g/mol. The van der Waals surface area contributed by atoms with Gasteiger partial charge in [0.2, 0.25) is 17.7 Å². The van der Waals surface area contributed by atoms with Crippen LogP contribution in [0.2, 0.25) is 0 Å². The van der Waals surface area contributed by atoms with Crippen LogP contribution in [-0.4, -0.2) is 48.4 Å². The molecule has 120 valence electrons. The molecular formula is C13H23N3O5. The fourth-order valence-electron chi connectivity index (χ4n) is 1.22. The van der Waals surface area contributed by atoms with Crippen molar-refractivity contribution >= 4 is 23.7 Å². The van der Waals surface area contributed by atoms with Crippen LogP contribution >= 0.6 is 0 Å². The average Bonchev–Trinajstić information content (AvgIpc) is 2.37. The summed E-state index contributed by atoms with van der Waals surface area (Å²) in [4.78, 5) is 44.3. The van der Waals surface area contributed by atoms with Gasteiger partial charge in [-0.05, 0) is 6.42 Å². The van der Waals surface area contributed by atoms with Crippen molar-refractivity contribution in [2.24, 2.45) is 5.41 Å². The Morgan fingerprint density at radius 2 is 1.48 bits per heavy atom. The second-order valence-electron chi connectivity index (χ2n) is 5.56. The van der Waals surface area contributed by atoms with Crippen LogP contribution in [0.4, 0.5) is 0 Å². The number of aliphatic carboxylic acids is 1. The lowest BCUT2D eigenvalue weighted by molar-refractivity contribution is -0.137. The van der Waals surface area contributed by atoms with E-state index in [1.165, 1.54) is 0 Å². The first-order valence-electron chi connectivity index (χ1n) is 6.66. The van der Waals surface area contributed by atoms with Crippen LogP contribution in [0.15, 0.2) is 0 Å². The van der Waals surface area contributed by atoms with Crippen LogP contribution in [0.1, 0.15) is 33.6 Å². The van der Waals surface area contributed by atoms with Crippen LogP contribution < -0.4 is 16.0 Å². The number of carbonyl (C=O) groups excluding carboxylic acids is 3. The maximum Gasteiger partial charge on any atom is 0.322 e. The van der Waals surface area contributed by atoms with E-state index in [9.17, 15) is 19.2 Å². The van der Waals surface area contributed by atoms with Gasteiger partial charge in [0, 0.05) is 18.4 Å². The van der Waals surface area contributed by atoms with Crippen molar-refractivity contribution < 1.29 is 24.3 Å². The highest BCUT2D eigenvalue weighted by Gasteiger charge is 2.20. The third-order valence-corrected chi connectivity index (χ3v) is 2.43. The van der Waals surface area contributed by atoms with Gasteiger partial charge in [0.05, 0.1) is 6.54 Å². The van der Waals surface area contributed by atoms with Crippen molar-refractivity contribution in [1.29, 1.82) is 0 Å². The number of carboxylic acids is 1. The molecule has 0 aromatic heterocycles. The van der Waals surface area contributed by atoms with E-state index in [0.717, 1.165) is 0 Å². The van der Waals surface area contributed by atoms with Crippen molar-refractivity contribution in [3.05, 3.63) is 0 Å². The van der Waals surface area contributed by atoms with Crippen molar-refractivity contribution in [3.63, 3.8) is 0 Å². The molecule has 3 amide bonds. The van der Waals surface area contributed by atoms with E-state index in [-0.39, 0.29) is 24.8 Å². The van der Waals surface area contributed by atoms with Gasteiger partial charge in [-0.3, -0.25) is 19.2 Å². The first-order valence-corrected chi connectivity index (χ1v) is 6.66. The highest BCUT2D eigenvalue weighted by molar-refractivity contribution is 5.86. The molecule has 0 saturated heterocycles. The van der Waals surface area contributed by atoms with Gasteiger partial charge in [-0.1, -0.05) is 20.8 Å². The predicted molar refractivity (Wildman–Crippen MR) is 75.4 cm³/mol. The van der Waals surface area contributed by atoms with Gasteiger partial charge in [-0.25, -0.2) is 0 Å². The van der Waals surface area contributed by atoms with Gasteiger partial charge >= 0.3 is 5.97 Å². The number of carbonyl (C=O) groups is 4. The predicted octanol–water partition coefficient (Wildman–Crippen LogP) is -0.754. The molecule has 0 saturated carbocycles. The number of hydrogen-bond donors (Lipinski definition) is 4. The summed E-state index contributed by atoms with van der Waals surface area (Å²) in [6.07, 6.45) is 0.640. The molecule has 0 aliphatic heterocycles. The number of carboxylic acid groups (broad SMARTS) is 1. The number of amides is 3. The topological polar surface area (TPSA) is 125 Å². The largest absolute Gasteiger partial charge is 0.480 e. The maximum atomic E-state index is 11.5. The number of nitrogens with one attached hydrogen (secondary N) is 3. The Hall–Kier alpha value is -2.12. The maximum absolute atomic E-state index is 11.5. The van der Waals surface area contributed by atoms with Crippen molar-refractivity contribution in [2.45, 2.75) is 33.6 Å². The summed E-state index contributed by atoms with van der Waals surface area (Å²) in [5.41, 5.74) is -0.468. The first-order chi connectivity index (χ1) is 9.62. The van der Waals surface area contributed by atoms with Gasteiger partial charge in [0.15, 0.2) is 0 Å². The number of rotatable bonds is 8. The van der Waals surface area contributed by atoms with Gasteiger partial charge < -0.3 is 21.1 Å². The van der Waals surface area contributed by atoms with Crippen LogP contribution in [0.25, 0.3) is 0 Å². The quantitative estimate of drug-likeness (QED) is 0.439. The summed E-state index contributed by atoms with van der Waals surface area (Å²) < 4.78 is 0. The van der Waals surface area contributed by atoms with Crippen LogP contribution in [-0.2, 0) is 19.2 Å². The second-order valence-corrected chi connectivity index (χ2v) is 5.56. The summed E-state index contributed by atoms with van der Waals surface area (Å²) in [5.74, 6) is -2.13. The average molecular weight is 301 g/mol. The van der Waals surface area contributed by atoms with Gasteiger partial charge in [0.25, 0.3) is 0 Å². The van der Waals surface area contributed by atoms with Gasteiger partial charge in [-0.2, -0.15) is 0 Å². The van der Waals surface area contributed by atoms with Crippen LogP contribution in [0.3, 0.4) is 0 Å². The standard InChI is InChI=1S/C13H23N3O5/c1-13(2,3)12(21)14-6-4-5-9(17)15-7-10(18)16-8-11(19)20/h4-8H2,1-3H3,(H,14,21)(H,15,17)(H,16,18)(H,19,20). The third-order valence-electron chi connectivity index (χ3n) is 2.43. The lowest BCUT2D eigenvalue weighted by Gasteiger charge is -2.17. The Morgan fingerprint density at radius 3 is 2.00 bits per heavy atom. The fraction of sp³-hybridized carbons (Fsp3) is 0.692. The molecule has 0 bridgehead atoms.